The van der Waals surface area contributed by atoms with Gasteiger partial charge in [0.1, 0.15) is 0 Å². The van der Waals surface area contributed by atoms with Gasteiger partial charge in [0, 0.05) is 49.1 Å². The summed E-state index contributed by atoms with van der Waals surface area (Å²) >= 11 is 0. The van der Waals surface area contributed by atoms with Crippen LogP contribution in [0.3, 0.4) is 0 Å². The van der Waals surface area contributed by atoms with Gasteiger partial charge in [-0.2, -0.15) is 0 Å². The van der Waals surface area contributed by atoms with Crippen molar-refractivity contribution in [1.29, 1.82) is 0 Å². The zero-order valence-corrected chi connectivity index (χ0v) is 20.6. The van der Waals surface area contributed by atoms with Gasteiger partial charge in [-0.15, -0.1) is 0 Å². The fourth-order valence-corrected chi connectivity index (χ4v) is 5.99. The first-order valence-electron chi connectivity index (χ1n) is 12.1. The van der Waals surface area contributed by atoms with Crippen molar-refractivity contribution in [2.45, 2.75) is 50.0 Å². The molecule has 3 aliphatic rings. The van der Waals surface area contributed by atoms with Gasteiger partial charge in [0.2, 0.25) is 0 Å². The van der Waals surface area contributed by atoms with Gasteiger partial charge in [-0.25, -0.2) is 13.2 Å². The fourth-order valence-electron chi connectivity index (χ4n) is 5.33. The van der Waals surface area contributed by atoms with E-state index in [0.717, 1.165) is 41.6 Å². The molecule has 0 radical (unpaired) electrons. The van der Waals surface area contributed by atoms with Gasteiger partial charge in [-0.05, 0) is 53.7 Å². The second-order valence-corrected chi connectivity index (χ2v) is 11.8. The Balaban J connectivity index is 1.37. The Bertz CT molecular complexity index is 1290. The van der Waals surface area contributed by atoms with Gasteiger partial charge >= 0.3 is 6.03 Å². The number of allylic oxidation sites excluding steroid dienone is 2. The molecule has 1 saturated carbocycles. The molecule has 0 spiro atoms. The molecule has 7 heteroatoms. The van der Waals surface area contributed by atoms with Crippen molar-refractivity contribution < 1.29 is 13.2 Å². The van der Waals surface area contributed by atoms with Crippen molar-refractivity contribution in [3.8, 4) is 11.1 Å². The molecule has 2 heterocycles. The topological polar surface area (TPSA) is 79.4 Å². The maximum atomic E-state index is 12.7. The number of rotatable bonds is 4. The highest BCUT2D eigenvalue weighted by atomic mass is 32.2. The molecule has 0 saturated heterocycles. The lowest BCUT2D eigenvalue weighted by Gasteiger charge is -2.33. The van der Waals surface area contributed by atoms with Crippen LogP contribution in [0, 0.1) is 5.92 Å². The van der Waals surface area contributed by atoms with Crippen molar-refractivity contribution in [3.63, 3.8) is 0 Å². The second-order valence-electron chi connectivity index (χ2n) is 9.74. The van der Waals surface area contributed by atoms with Crippen LogP contribution in [0.1, 0.15) is 43.9 Å². The number of hydrogen-bond donors (Lipinski definition) is 1. The molecule has 1 fully saturated rings. The number of amides is 2. The summed E-state index contributed by atoms with van der Waals surface area (Å²) < 4.78 is 24.0. The van der Waals surface area contributed by atoms with Crippen LogP contribution in [0.4, 0.5) is 4.79 Å². The molecule has 1 atom stereocenters. The molecule has 2 amide bonds. The van der Waals surface area contributed by atoms with Crippen molar-refractivity contribution in [2.75, 3.05) is 19.3 Å². The molecule has 1 aliphatic heterocycles. The zero-order chi connectivity index (χ0) is 23.9. The fraction of sp³-hybridized carbons (Fsp3) is 0.407. The van der Waals surface area contributed by atoms with Crippen LogP contribution in [-0.4, -0.2) is 49.7 Å². The van der Waals surface area contributed by atoms with Crippen LogP contribution in [0.2, 0.25) is 0 Å². The van der Waals surface area contributed by atoms with Gasteiger partial charge in [0.05, 0.1) is 10.6 Å². The van der Waals surface area contributed by atoms with E-state index in [9.17, 15) is 13.2 Å². The minimum atomic E-state index is -3.28. The lowest BCUT2D eigenvalue weighted by Crippen LogP contribution is -2.47. The number of nitrogens with one attached hydrogen (secondary N) is 1. The number of hydrogen-bond acceptors (Lipinski definition) is 4. The number of benzene rings is 1. The van der Waals surface area contributed by atoms with E-state index in [-0.39, 0.29) is 11.9 Å². The summed E-state index contributed by atoms with van der Waals surface area (Å²) in [6, 6.07) is 9.50. The molecule has 1 unspecified atom stereocenters. The van der Waals surface area contributed by atoms with Crippen LogP contribution < -0.4 is 5.32 Å². The highest BCUT2D eigenvalue weighted by Crippen LogP contribution is 2.39. The first-order chi connectivity index (χ1) is 16.3. The van der Waals surface area contributed by atoms with Gasteiger partial charge < -0.3 is 10.2 Å². The maximum Gasteiger partial charge on any atom is 0.317 e. The number of carbonyl (C=O) groups is 1. The summed E-state index contributed by atoms with van der Waals surface area (Å²) in [5.74, 6) is 0.220. The Labute approximate surface area is 201 Å². The smallest absolute Gasteiger partial charge is 0.317 e. The van der Waals surface area contributed by atoms with Gasteiger partial charge in [-0.1, -0.05) is 44.1 Å². The summed E-state index contributed by atoms with van der Waals surface area (Å²) in [6.45, 7) is 3.47. The van der Waals surface area contributed by atoms with Gasteiger partial charge in [0.15, 0.2) is 9.84 Å². The molecule has 2 aliphatic carbocycles. The van der Waals surface area contributed by atoms with Crippen molar-refractivity contribution in [3.05, 3.63) is 65.5 Å². The van der Waals surface area contributed by atoms with Crippen molar-refractivity contribution in [1.82, 2.24) is 15.2 Å². The Kier molecular flexibility index (Phi) is 6.06. The third kappa shape index (κ3) is 4.53. The Morgan fingerprint density at radius 2 is 1.91 bits per heavy atom. The minimum Gasteiger partial charge on any atom is -0.335 e. The van der Waals surface area contributed by atoms with E-state index in [2.05, 4.69) is 30.5 Å². The molecule has 6 nitrogen and oxygen atoms in total. The molecule has 1 aromatic heterocycles. The average molecular weight is 478 g/mol. The number of fused-ring (bicyclic) bond motifs is 1. The second kappa shape index (κ2) is 9.02. The predicted octanol–water partition coefficient (Wildman–Crippen LogP) is 4.62. The molecule has 1 N–H and O–H groups in total. The molecule has 0 bridgehead atoms. The lowest BCUT2D eigenvalue weighted by atomic mass is 9.87. The van der Waals surface area contributed by atoms with Crippen LogP contribution in [0.25, 0.3) is 16.7 Å². The normalized spacial score (nSPS) is 20.6. The molecule has 34 heavy (non-hydrogen) atoms. The maximum absolute atomic E-state index is 12.7. The average Bonchev–Trinajstić information content (AvgIpc) is 3.48. The molecule has 1 aromatic carbocycles. The number of nitrogens with zero attached hydrogens (tertiary/aromatic N) is 2. The summed E-state index contributed by atoms with van der Waals surface area (Å²) in [6.07, 6.45) is 12.8. The highest BCUT2D eigenvalue weighted by molar-refractivity contribution is 7.90. The van der Waals surface area contributed by atoms with E-state index in [0.29, 0.717) is 24.0 Å². The first kappa shape index (κ1) is 22.8. The molecule has 2 aromatic rings. The predicted molar refractivity (Wildman–Crippen MR) is 134 cm³/mol. The van der Waals surface area contributed by atoms with E-state index < -0.39 is 9.84 Å². The zero-order valence-electron chi connectivity index (χ0n) is 19.8. The molecule has 5 rings (SSSR count). The van der Waals surface area contributed by atoms with E-state index in [1.165, 1.54) is 30.2 Å². The number of sulfone groups is 1. The number of pyridine rings is 1. The monoisotopic (exact) mass is 477 g/mol. The third-order valence-electron chi connectivity index (χ3n) is 7.19. The van der Waals surface area contributed by atoms with E-state index in [1.807, 2.05) is 17.2 Å². The standard InChI is InChI=1S/C27H31N3O3S/c1-18-17-30(27(31)29-21-7-3-4-8-21)13-12-23(18)24-10-11-26-25(24)15-20(16-28-26)19-6-5-9-22(14-19)34(2,32)33/h5-6,9-10,12,14-16,18,21H,3-4,7-8,11,13,17H2,1-2H3,(H,29,31). The summed E-state index contributed by atoms with van der Waals surface area (Å²) in [7, 11) is -3.28. The SMILES string of the molecule is CC1CN(C(=O)NC2CCCC2)CC=C1C1=CCc2ncc(-c3cccc(S(C)(=O)=O)c3)cc21. The summed E-state index contributed by atoms with van der Waals surface area (Å²) in [5.41, 5.74) is 6.32. The van der Waals surface area contributed by atoms with Gasteiger partial charge in [-0.3, -0.25) is 4.98 Å². The van der Waals surface area contributed by atoms with Crippen LogP contribution >= 0.6 is 0 Å². The summed E-state index contributed by atoms with van der Waals surface area (Å²) in [5, 5.41) is 3.20. The first-order valence-corrected chi connectivity index (χ1v) is 13.9. The molecule has 178 valence electrons. The van der Waals surface area contributed by atoms with Crippen LogP contribution in [0.5, 0.6) is 0 Å². The van der Waals surface area contributed by atoms with E-state index in [4.69, 9.17) is 4.98 Å². The Hall–Kier alpha value is -2.93. The van der Waals surface area contributed by atoms with Crippen LogP contribution in [-0.2, 0) is 16.3 Å². The Morgan fingerprint density at radius 3 is 2.65 bits per heavy atom. The number of carbonyl (C=O) groups excluding carboxylic acids is 1. The quantitative estimate of drug-likeness (QED) is 0.697. The number of urea groups is 1. The molecular formula is C27H31N3O3S. The highest BCUT2D eigenvalue weighted by Gasteiger charge is 2.29. The largest absolute Gasteiger partial charge is 0.335 e. The number of aromatic nitrogens is 1. The summed E-state index contributed by atoms with van der Waals surface area (Å²) in [4.78, 5) is 19.7. The van der Waals surface area contributed by atoms with Crippen molar-refractivity contribution in [2.24, 2.45) is 5.92 Å². The third-order valence-corrected chi connectivity index (χ3v) is 8.30. The van der Waals surface area contributed by atoms with E-state index >= 15 is 0 Å². The molecular weight excluding hydrogens is 446 g/mol. The lowest BCUT2D eigenvalue weighted by molar-refractivity contribution is 0.191. The van der Waals surface area contributed by atoms with E-state index in [1.54, 1.807) is 18.2 Å². The van der Waals surface area contributed by atoms with Crippen LogP contribution in [0.15, 0.2) is 59.1 Å². The Morgan fingerprint density at radius 1 is 1.12 bits per heavy atom. The van der Waals surface area contributed by atoms with Crippen molar-refractivity contribution >= 4 is 21.4 Å². The minimum absolute atomic E-state index is 0.0459. The van der Waals surface area contributed by atoms with Gasteiger partial charge in [0.25, 0.3) is 0 Å².